The van der Waals surface area contributed by atoms with Crippen molar-refractivity contribution < 1.29 is 9.90 Å². The number of rotatable bonds is 3. The minimum absolute atomic E-state index is 0.0698. The monoisotopic (exact) mass is 261 g/mol. The molecule has 5 nitrogen and oxygen atoms in total. The molecule has 102 valence electrons. The topological polar surface area (TPSA) is 57.8 Å². The Bertz CT molecular complexity index is 611. The lowest BCUT2D eigenvalue weighted by molar-refractivity contribution is 0.0690. The number of carboxylic acids is 1. The summed E-state index contributed by atoms with van der Waals surface area (Å²) in [7, 11) is 1.87. The van der Waals surface area contributed by atoms with E-state index in [0.717, 1.165) is 6.54 Å². The number of pyridine rings is 1. The summed E-state index contributed by atoms with van der Waals surface area (Å²) in [6.45, 7) is 7.07. The summed E-state index contributed by atoms with van der Waals surface area (Å²) in [5.41, 5.74) is 0.929. The minimum Gasteiger partial charge on any atom is -0.476 e. The Hall–Kier alpha value is -2.04. The van der Waals surface area contributed by atoms with Gasteiger partial charge in [0.1, 0.15) is 5.65 Å². The maximum atomic E-state index is 11.5. The van der Waals surface area contributed by atoms with Gasteiger partial charge in [-0.05, 0) is 17.5 Å². The van der Waals surface area contributed by atoms with Crippen molar-refractivity contribution in [2.24, 2.45) is 5.41 Å². The van der Waals surface area contributed by atoms with Gasteiger partial charge < -0.3 is 10.0 Å². The molecule has 2 rings (SSSR count). The van der Waals surface area contributed by atoms with Gasteiger partial charge >= 0.3 is 5.97 Å². The van der Waals surface area contributed by atoms with Gasteiger partial charge in [0.05, 0.1) is 0 Å². The van der Waals surface area contributed by atoms with E-state index in [4.69, 9.17) is 0 Å². The molecule has 0 aliphatic heterocycles. The second kappa shape index (κ2) is 4.57. The summed E-state index contributed by atoms with van der Waals surface area (Å²) in [5.74, 6) is -0.455. The van der Waals surface area contributed by atoms with Crippen LogP contribution in [0, 0.1) is 5.41 Å². The Morgan fingerprint density at radius 3 is 2.68 bits per heavy atom. The minimum atomic E-state index is -0.963. The lowest BCUT2D eigenvalue weighted by Crippen LogP contribution is -2.30. The molecule has 0 unspecified atom stereocenters. The fourth-order valence-corrected chi connectivity index (χ4v) is 2.23. The zero-order valence-corrected chi connectivity index (χ0v) is 11.7. The highest BCUT2D eigenvalue weighted by Crippen LogP contribution is 2.24. The summed E-state index contributed by atoms with van der Waals surface area (Å²) in [6, 6.07) is 5.46. The number of aromatic nitrogens is 2. The molecule has 0 bridgehead atoms. The van der Waals surface area contributed by atoms with Gasteiger partial charge in [-0.15, -0.1) is 0 Å². The van der Waals surface area contributed by atoms with Crippen LogP contribution in [0.25, 0.3) is 5.65 Å². The van der Waals surface area contributed by atoms with Gasteiger partial charge in [0.15, 0.2) is 11.5 Å². The van der Waals surface area contributed by atoms with Crippen molar-refractivity contribution in [2.75, 3.05) is 18.5 Å². The number of hydrogen-bond acceptors (Lipinski definition) is 3. The zero-order valence-electron chi connectivity index (χ0n) is 11.7. The van der Waals surface area contributed by atoms with Crippen LogP contribution >= 0.6 is 0 Å². The lowest BCUT2D eigenvalue weighted by Gasteiger charge is -2.26. The molecule has 19 heavy (non-hydrogen) atoms. The summed E-state index contributed by atoms with van der Waals surface area (Å²) in [4.78, 5) is 17.8. The van der Waals surface area contributed by atoms with Crippen molar-refractivity contribution in [1.29, 1.82) is 0 Å². The summed E-state index contributed by atoms with van der Waals surface area (Å²) in [6.07, 6.45) is 1.72. The van der Waals surface area contributed by atoms with Crippen molar-refractivity contribution >= 4 is 17.4 Å². The number of imidazole rings is 1. The van der Waals surface area contributed by atoms with E-state index < -0.39 is 5.97 Å². The summed E-state index contributed by atoms with van der Waals surface area (Å²) >= 11 is 0. The number of hydrogen-bond donors (Lipinski definition) is 1. The molecule has 2 heterocycles. The van der Waals surface area contributed by atoms with Crippen LogP contribution in [-0.4, -0.2) is 34.1 Å². The van der Waals surface area contributed by atoms with E-state index in [1.807, 2.05) is 18.0 Å². The van der Waals surface area contributed by atoms with E-state index in [9.17, 15) is 9.90 Å². The molecular weight excluding hydrogens is 242 g/mol. The predicted molar refractivity (Wildman–Crippen MR) is 74.9 cm³/mol. The maximum Gasteiger partial charge on any atom is 0.356 e. The van der Waals surface area contributed by atoms with Gasteiger partial charge in [0, 0.05) is 19.8 Å². The van der Waals surface area contributed by atoms with Crippen molar-refractivity contribution in [3.05, 3.63) is 30.1 Å². The molecular formula is C14H19N3O2. The van der Waals surface area contributed by atoms with Crippen LogP contribution in [0.4, 0.5) is 5.82 Å². The third kappa shape index (κ3) is 2.70. The largest absolute Gasteiger partial charge is 0.476 e. The molecule has 0 amide bonds. The first-order chi connectivity index (χ1) is 8.79. The highest BCUT2D eigenvalue weighted by molar-refractivity contribution is 5.93. The molecule has 0 saturated heterocycles. The molecule has 0 aliphatic rings. The molecule has 5 heteroatoms. The first-order valence-electron chi connectivity index (χ1n) is 6.21. The van der Waals surface area contributed by atoms with Crippen LogP contribution in [0.5, 0.6) is 0 Å². The molecule has 2 aromatic heterocycles. The fraction of sp³-hybridized carbons (Fsp3) is 0.429. The van der Waals surface area contributed by atoms with Gasteiger partial charge in [-0.25, -0.2) is 9.78 Å². The number of carboxylic acid groups (broad SMARTS) is 1. The standard InChI is InChI=1S/C14H19N3O2/c1-14(2,3)9-16(4)12-11(13(18)19)17-8-6-5-7-10(17)15-12/h5-8H,9H2,1-4H3,(H,18,19). The van der Waals surface area contributed by atoms with Crippen molar-refractivity contribution in [3.8, 4) is 0 Å². The molecule has 0 saturated carbocycles. The molecule has 0 radical (unpaired) electrons. The Labute approximate surface area is 112 Å². The molecule has 2 aromatic rings. The zero-order chi connectivity index (χ0) is 14.2. The Balaban J connectivity index is 2.53. The van der Waals surface area contributed by atoms with Crippen LogP contribution in [0.3, 0.4) is 0 Å². The molecule has 0 atom stereocenters. The number of anilines is 1. The number of nitrogens with zero attached hydrogens (tertiary/aromatic N) is 3. The van der Waals surface area contributed by atoms with Gasteiger partial charge in [0.2, 0.25) is 0 Å². The highest BCUT2D eigenvalue weighted by Gasteiger charge is 2.23. The van der Waals surface area contributed by atoms with Gasteiger partial charge in [0.25, 0.3) is 0 Å². The predicted octanol–water partition coefficient (Wildman–Crippen LogP) is 2.51. The van der Waals surface area contributed by atoms with E-state index in [-0.39, 0.29) is 11.1 Å². The van der Waals surface area contributed by atoms with E-state index >= 15 is 0 Å². The Kier molecular flexibility index (Phi) is 3.22. The second-order valence-electron chi connectivity index (χ2n) is 5.93. The van der Waals surface area contributed by atoms with Gasteiger partial charge in [-0.1, -0.05) is 26.8 Å². The second-order valence-corrected chi connectivity index (χ2v) is 5.93. The van der Waals surface area contributed by atoms with Gasteiger partial charge in [-0.3, -0.25) is 4.40 Å². The van der Waals surface area contributed by atoms with Crippen LogP contribution in [0.1, 0.15) is 31.3 Å². The SMILES string of the molecule is CN(CC(C)(C)C)c1nc2ccccn2c1C(=O)O. The average Bonchev–Trinajstić information content (AvgIpc) is 2.65. The Morgan fingerprint density at radius 2 is 2.11 bits per heavy atom. The van der Waals surface area contributed by atoms with Crippen molar-refractivity contribution in [2.45, 2.75) is 20.8 Å². The number of aromatic carboxylic acids is 1. The quantitative estimate of drug-likeness (QED) is 0.922. The Morgan fingerprint density at radius 1 is 1.42 bits per heavy atom. The normalized spacial score (nSPS) is 11.8. The van der Waals surface area contributed by atoms with Crippen LogP contribution < -0.4 is 4.90 Å². The van der Waals surface area contributed by atoms with E-state index in [1.165, 1.54) is 0 Å². The smallest absolute Gasteiger partial charge is 0.356 e. The molecule has 0 fully saturated rings. The fourth-order valence-electron chi connectivity index (χ4n) is 2.23. The third-order valence-corrected chi connectivity index (χ3v) is 2.79. The maximum absolute atomic E-state index is 11.5. The van der Waals surface area contributed by atoms with Crippen molar-refractivity contribution in [3.63, 3.8) is 0 Å². The molecule has 1 N–H and O–H groups in total. The average molecular weight is 261 g/mol. The van der Waals surface area contributed by atoms with Crippen LogP contribution in [0.2, 0.25) is 0 Å². The lowest BCUT2D eigenvalue weighted by atomic mass is 9.96. The van der Waals surface area contributed by atoms with E-state index in [2.05, 4.69) is 25.8 Å². The van der Waals surface area contributed by atoms with Crippen molar-refractivity contribution in [1.82, 2.24) is 9.38 Å². The first kappa shape index (κ1) is 13.4. The number of fused-ring (bicyclic) bond motifs is 1. The van der Waals surface area contributed by atoms with Crippen LogP contribution in [0.15, 0.2) is 24.4 Å². The first-order valence-corrected chi connectivity index (χ1v) is 6.21. The summed E-state index contributed by atoms with van der Waals surface area (Å²) < 4.78 is 1.61. The van der Waals surface area contributed by atoms with E-state index in [0.29, 0.717) is 11.5 Å². The van der Waals surface area contributed by atoms with Gasteiger partial charge in [-0.2, -0.15) is 0 Å². The molecule has 0 aliphatic carbocycles. The summed E-state index contributed by atoms with van der Waals surface area (Å²) in [5, 5.41) is 9.41. The molecule has 0 spiro atoms. The third-order valence-electron chi connectivity index (χ3n) is 2.79. The number of carbonyl (C=O) groups is 1. The van der Waals surface area contributed by atoms with Crippen LogP contribution in [-0.2, 0) is 0 Å². The molecule has 0 aromatic carbocycles. The highest BCUT2D eigenvalue weighted by atomic mass is 16.4. The van der Waals surface area contributed by atoms with E-state index in [1.54, 1.807) is 22.7 Å².